The topological polar surface area (TPSA) is 69.6 Å². The van der Waals surface area contributed by atoms with Crippen LogP contribution in [-0.4, -0.2) is 41.6 Å². The van der Waals surface area contributed by atoms with Crippen LogP contribution >= 0.6 is 0 Å². The average Bonchev–Trinajstić information content (AvgIpc) is 2.63. The predicted molar refractivity (Wildman–Crippen MR) is 55.6 cm³/mol. The summed E-state index contributed by atoms with van der Waals surface area (Å²) in [6.07, 6.45) is 3.31. The Labute approximate surface area is 89.4 Å². The van der Waals surface area contributed by atoms with Crippen molar-refractivity contribution in [3.63, 3.8) is 0 Å². The Morgan fingerprint density at radius 3 is 2.87 bits per heavy atom. The average molecular weight is 214 g/mol. The molecule has 1 saturated heterocycles. The van der Waals surface area contributed by atoms with Gasteiger partial charge in [-0.1, -0.05) is 13.3 Å². The number of urea groups is 1. The van der Waals surface area contributed by atoms with Crippen LogP contribution in [0.2, 0.25) is 0 Å². The lowest BCUT2D eigenvalue weighted by Gasteiger charge is -2.16. The molecule has 0 spiro atoms. The molecule has 1 fully saturated rings. The molecule has 0 saturated carbocycles. The van der Waals surface area contributed by atoms with Crippen LogP contribution in [0.3, 0.4) is 0 Å². The number of carbonyl (C=O) groups excluding carboxylic acids is 1. The van der Waals surface area contributed by atoms with Gasteiger partial charge in [0.05, 0.1) is 0 Å². The highest BCUT2D eigenvalue weighted by Gasteiger charge is 2.25. The molecule has 5 heteroatoms. The van der Waals surface area contributed by atoms with Crippen molar-refractivity contribution in [3.8, 4) is 0 Å². The maximum atomic E-state index is 11.5. The fraction of sp³-hybridized carbons (Fsp3) is 0.800. The first kappa shape index (κ1) is 11.8. The molecule has 1 aliphatic heterocycles. The van der Waals surface area contributed by atoms with E-state index < -0.39 is 5.97 Å². The maximum Gasteiger partial charge on any atom is 0.323 e. The third-order valence-electron chi connectivity index (χ3n) is 2.66. The molecule has 0 aromatic heterocycles. The second-order valence-corrected chi connectivity index (χ2v) is 3.94. The number of carboxylic acid groups (broad SMARTS) is 1. The number of amides is 2. The molecule has 0 aromatic carbocycles. The Morgan fingerprint density at radius 2 is 2.27 bits per heavy atom. The highest BCUT2D eigenvalue weighted by atomic mass is 16.4. The summed E-state index contributed by atoms with van der Waals surface area (Å²) in [4.78, 5) is 23.4. The minimum Gasteiger partial charge on any atom is -0.480 e. The van der Waals surface area contributed by atoms with Crippen molar-refractivity contribution < 1.29 is 14.7 Å². The predicted octanol–water partition coefficient (Wildman–Crippen LogP) is 0.903. The van der Waals surface area contributed by atoms with Gasteiger partial charge in [0.1, 0.15) is 6.54 Å². The molecular formula is C10H18N2O3. The minimum absolute atomic E-state index is 0.254. The molecule has 2 amide bonds. The van der Waals surface area contributed by atoms with E-state index in [-0.39, 0.29) is 12.6 Å². The van der Waals surface area contributed by atoms with E-state index in [4.69, 9.17) is 5.11 Å². The molecule has 2 N–H and O–H groups in total. The summed E-state index contributed by atoms with van der Waals surface area (Å²) >= 11 is 0. The van der Waals surface area contributed by atoms with E-state index in [0.29, 0.717) is 5.92 Å². The van der Waals surface area contributed by atoms with Crippen molar-refractivity contribution in [2.45, 2.75) is 26.2 Å². The third kappa shape index (κ3) is 3.77. The monoisotopic (exact) mass is 214 g/mol. The zero-order valence-corrected chi connectivity index (χ0v) is 9.03. The van der Waals surface area contributed by atoms with E-state index >= 15 is 0 Å². The summed E-state index contributed by atoms with van der Waals surface area (Å²) in [6.45, 7) is 3.34. The van der Waals surface area contributed by atoms with Gasteiger partial charge >= 0.3 is 12.0 Å². The lowest BCUT2D eigenvalue weighted by molar-refractivity contribution is -0.135. The number of carboxylic acids is 1. The van der Waals surface area contributed by atoms with Crippen LogP contribution in [0, 0.1) is 5.92 Å². The number of nitrogens with one attached hydrogen (secondary N) is 1. The number of aliphatic carboxylic acids is 1. The van der Waals surface area contributed by atoms with Crippen molar-refractivity contribution in [1.29, 1.82) is 0 Å². The Morgan fingerprint density at radius 1 is 1.53 bits per heavy atom. The largest absolute Gasteiger partial charge is 0.480 e. The summed E-state index contributed by atoms with van der Waals surface area (Å²) in [5.74, 6) is -0.418. The summed E-state index contributed by atoms with van der Waals surface area (Å²) in [7, 11) is 0. The van der Waals surface area contributed by atoms with E-state index in [1.807, 2.05) is 0 Å². The van der Waals surface area contributed by atoms with E-state index in [2.05, 4.69) is 12.2 Å². The van der Waals surface area contributed by atoms with E-state index in [0.717, 1.165) is 32.4 Å². The van der Waals surface area contributed by atoms with Crippen molar-refractivity contribution >= 4 is 12.0 Å². The van der Waals surface area contributed by atoms with Crippen molar-refractivity contribution in [2.24, 2.45) is 5.92 Å². The number of hydrogen-bond donors (Lipinski definition) is 2. The number of carbonyl (C=O) groups is 2. The van der Waals surface area contributed by atoms with Crippen molar-refractivity contribution in [3.05, 3.63) is 0 Å². The first-order chi connectivity index (χ1) is 7.13. The van der Waals surface area contributed by atoms with Crippen LogP contribution in [0.4, 0.5) is 4.79 Å². The van der Waals surface area contributed by atoms with Crippen LogP contribution in [-0.2, 0) is 4.79 Å². The van der Waals surface area contributed by atoms with Gasteiger partial charge in [-0.2, -0.15) is 0 Å². The normalized spacial score (nSPS) is 20.3. The first-order valence-electron chi connectivity index (χ1n) is 5.38. The summed E-state index contributed by atoms with van der Waals surface area (Å²) in [5.41, 5.74) is 0. The van der Waals surface area contributed by atoms with Crippen LogP contribution in [0.5, 0.6) is 0 Å². The van der Waals surface area contributed by atoms with Gasteiger partial charge in [-0.05, 0) is 18.8 Å². The Hall–Kier alpha value is -1.26. The standard InChI is InChI=1S/C10H18N2O3/c1-2-3-8-4-5-12(7-8)10(15)11-6-9(13)14/h8H,2-7H2,1H3,(H,11,15)(H,13,14). The van der Waals surface area contributed by atoms with Crippen molar-refractivity contribution in [2.75, 3.05) is 19.6 Å². The molecule has 1 unspecified atom stereocenters. The number of rotatable bonds is 4. The molecule has 86 valence electrons. The molecule has 0 aromatic rings. The van der Waals surface area contributed by atoms with Crippen LogP contribution < -0.4 is 5.32 Å². The van der Waals surface area contributed by atoms with Gasteiger partial charge in [0, 0.05) is 13.1 Å². The van der Waals surface area contributed by atoms with E-state index in [1.165, 1.54) is 0 Å². The number of hydrogen-bond acceptors (Lipinski definition) is 2. The lowest BCUT2D eigenvalue weighted by atomic mass is 10.0. The molecule has 5 nitrogen and oxygen atoms in total. The SMILES string of the molecule is CCCC1CCN(C(=O)NCC(=O)O)C1. The highest BCUT2D eigenvalue weighted by molar-refractivity contribution is 5.80. The minimum atomic E-state index is -1.01. The molecular weight excluding hydrogens is 196 g/mol. The summed E-state index contributed by atoms with van der Waals surface area (Å²) in [5, 5.41) is 10.8. The summed E-state index contributed by atoms with van der Waals surface area (Å²) in [6, 6.07) is -0.254. The fourth-order valence-corrected chi connectivity index (χ4v) is 1.92. The molecule has 0 bridgehead atoms. The van der Waals surface area contributed by atoms with Gasteiger partial charge in [-0.25, -0.2) is 4.79 Å². The van der Waals surface area contributed by atoms with Gasteiger partial charge in [-0.15, -0.1) is 0 Å². The quantitative estimate of drug-likeness (QED) is 0.730. The van der Waals surface area contributed by atoms with Gasteiger partial charge in [0.2, 0.25) is 0 Å². The second kappa shape index (κ2) is 5.58. The van der Waals surface area contributed by atoms with Gasteiger partial charge in [0.25, 0.3) is 0 Å². The molecule has 1 atom stereocenters. The Balaban J connectivity index is 2.27. The van der Waals surface area contributed by atoms with Crippen LogP contribution in [0.15, 0.2) is 0 Å². The Kier molecular flexibility index (Phi) is 4.39. The molecule has 1 rings (SSSR count). The van der Waals surface area contributed by atoms with Gasteiger partial charge < -0.3 is 15.3 Å². The van der Waals surface area contributed by atoms with Gasteiger partial charge in [0.15, 0.2) is 0 Å². The van der Waals surface area contributed by atoms with Crippen LogP contribution in [0.1, 0.15) is 26.2 Å². The number of nitrogens with zero attached hydrogens (tertiary/aromatic N) is 1. The smallest absolute Gasteiger partial charge is 0.323 e. The highest BCUT2D eigenvalue weighted by Crippen LogP contribution is 2.20. The second-order valence-electron chi connectivity index (χ2n) is 3.94. The van der Waals surface area contributed by atoms with Crippen LogP contribution in [0.25, 0.3) is 0 Å². The van der Waals surface area contributed by atoms with E-state index in [9.17, 15) is 9.59 Å². The zero-order valence-electron chi connectivity index (χ0n) is 9.03. The molecule has 0 radical (unpaired) electrons. The summed E-state index contributed by atoms with van der Waals surface area (Å²) < 4.78 is 0. The Bertz CT molecular complexity index is 243. The molecule has 1 heterocycles. The van der Waals surface area contributed by atoms with Crippen molar-refractivity contribution in [1.82, 2.24) is 10.2 Å². The molecule has 15 heavy (non-hydrogen) atoms. The zero-order chi connectivity index (χ0) is 11.3. The fourth-order valence-electron chi connectivity index (χ4n) is 1.92. The maximum absolute atomic E-state index is 11.5. The van der Waals surface area contributed by atoms with E-state index in [1.54, 1.807) is 4.90 Å². The number of likely N-dealkylation sites (tertiary alicyclic amines) is 1. The van der Waals surface area contributed by atoms with Gasteiger partial charge in [-0.3, -0.25) is 4.79 Å². The third-order valence-corrected chi connectivity index (χ3v) is 2.66. The molecule has 1 aliphatic rings. The first-order valence-corrected chi connectivity index (χ1v) is 5.38. The lowest BCUT2D eigenvalue weighted by Crippen LogP contribution is -2.40. The molecule has 0 aliphatic carbocycles.